The number of rotatable bonds is 16. The summed E-state index contributed by atoms with van der Waals surface area (Å²) >= 11 is 0. The van der Waals surface area contributed by atoms with E-state index in [-0.39, 0.29) is 95.4 Å². The molecule has 2 aromatic carbocycles. The fraction of sp³-hybridized carbons (Fsp3) is 0.696. The molecule has 4 saturated heterocycles. The molecule has 13 nitrogen and oxygen atoms in total. The largest absolute Gasteiger partial charge is 0.336 e. The number of nitrogens with one attached hydrogen (secondary N) is 1. The van der Waals surface area contributed by atoms with Crippen LogP contribution in [0.3, 0.4) is 0 Å². The molecule has 0 radical (unpaired) electrons. The van der Waals surface area contributed by atoms with Gasteiger partial charge in [-0.3, -0.25) is 9.59 Å². The third kappa shape index (κ3) is 11.8. The van der Waals surface area contributed by atoms with Crippen LogP contribution in [0, 0.1) is 46.7 Å². The van der Waals surface area contributed by atoms with Gasteiger partial charge in [0.05, 0.1) is 39.3 Å². The number of fused-ring (bicyclic) bond motifs is 4. The predicted octanol–water partition coefficient (Wildman–Crippen LogP) is 5.43. The molecule has 22 heteroatoms. The maximum absolute atomic E-state index is 14.5. The van der Waals surface area contributed by atoms with Crippen LogP contribution in [0.2, 0.25) is 0 Å². The minimum atomic E-state index is -3.46. The van der Waals surface area contributed by atoms with E-state index in [1.807, 2.05) is 20.8 Å². The number of benzene rings is 2. The van der Waals surface area contributed by atoms with Crippen LogP contribution in [0.5, 0.6) is 0 Å². The van der Waals surface area contributed by atoms with E-state index in [1.54, 1.807) is 9.80 Å². The van der Waals surface area contributed by atoms with Crippen LogP contribution in [0.25, 0.3) is 0 Å². The van der Waals surface area contributed by atoms with Gasteiger partial charge in [0, 0.05) is 62.5 Å². The first-order valence-electron chi connectivity index (χ1n) is 23.5. The third-order valence-corrected chi connectivity index (χ3v) is 20.9. The molecular formula is C46H64F6N6O7S3. The quantitative estimate of drug-likeness (QED) is 0.166. The highest BCUT2D eigenvalue weighted by Crippen LogP contribution is 2.43. The average molecular weight is 1020 g/mol. The molecule has 2 saturated carbocycles. The molecule has 2 aromatic rings. The number of likely N-dealkylation sites (N-methyl/N-ethyl adjacent to an activating group) is 2. The lowest BCUT2D eigenvalue weighted by atomic mass is 9.82. The molecule has 9 atom stereocenters. The highest BCUT2D eigenvalue weighted by Gasteiger charge is 2.48. The van der Waals surface area contributed by atoms with Gasteiger partial charge in [0.15, 0.2) is 23.3 Å². The molecule has 0 aromatic heterocycles. The van der Waals surface area contributed by atoms with Gasteiger partial charge in [-0.2, -0.15) is 8.61 Å². The molecule has 380 valence electrons. The van der Waals surface area contributed by atoms with Gasteiger partial charge in [-0.15, -0.1) is 0 Å². The van der Waals surface area contributed by atoms with Crippen molar-refractivity contribution >= 4 is 42.8 Å². The minimum Gasteiger partial charge on any atom is -0.336 e. The van der Waals surface area contributed by atoms with Gasteiger partial charge in [0.25, 0.3) is 0 Å². The Labute approximate surface area is 398 Å². The first kappa shape index (κ1) is 52.7. The van der Waals surface area contributed by atoms with Crippen LogP contribution in [-0.2, 0) is 53.5 Å². The Morgan fingerprint density at radius 2 is 0.985 bits per heavy atom. The van der Waals surface area contributed by atoms with Gasteiger partial charge in [-0.1, -0.05) is 0 Å². The van der Waals surface area contributed by atoms with Crippen molar-refractivity contribution in [3.05, 3.63) is 70.3 Å². The number of carbonyl (C=O) groups is 2. The van der Waals surface area contributed by atoms with Crippen molar-refractivity contribution in [3.63, 3.8) is 0 Å². The fourth-order valence-electron chi connectivity index (χ4n) is 10.6. The van der Waals surface area contributed by atoms with E-state index in [9.17, 15) is 57.0 Å². The van der Waals surface area contributed by atoms with Gasteiger partial charge in [-0.25, -0.2) is 52.1 Å². The van der Waals surface area contributed by atoms with Crippen molar-refractivity contribution in [2.45, 2.75) is 162 Å². The van der Waals surface area contributed by atoms with E-state index in [2.05, 4.69) is 4.72 Å². The van der Waals surface area contributed by atoms with Crippen molar-refractivity contribution in [3.8, 4) is 0 Å². The highest BCUT2D eigenvalue weighted by molar-refractivity contribution is 7.90. The molecule has 68 heavy (non-hydrogen) atoms. The SMILES string of the molecule is CN(CC(=O)N1[C@@H]2CC[C@H]1CC([C@@H](Cc1cc(F)c(F)cc1F)N[S@@](=O)C(C)(C)C)C2)S(=O)(=O)C1CC1.CN(CC(=O)N1[C@@H]2CC[C@H]1CC([C@H](N)Cc1cc(F)c(F)cc1F)C2)S(=O)(=O)C1CC1. The van der Waals surface area contributed by atoms with Crippen molar-refractivity contribution < 1.29 is 57.0 Å². The zero-order valence-corrected chi connectivity index (χ0v) is 41.6. The smallest absolute Gasteiger partial charge is 0.238 e. The normalized spacial score (nSPS) is 26.4. The van der Waals surface area contributed by atoms with Crippen LogP contribution in [0.4, 0.5) is 26.3 Å². The topological polar surface area (TPSA) is 170 Å². The van der Waals surface area contributed by atoms with Crippen LogP contribution in [-0.4, -0.2) is 130 Å². The third-order valence-electron chi connectivity index (χ3n) is 14.7. The summed E-state index contributed by atoms with van der Waals surface area (Å²) in [6, 6.07) is 1.54. The molecule has 2 aliphatic carbocycles. The molecule has 6 aliphatic rings. The Morgan fingerprint density at radius 3 is 1.35 bits per heavy atom. The summed E-state index contributed by atoms with van der Waals surface area (Å²) in [6.45, 7) is 5.06. The van der Waals surface area contributed by atoms with Gasteiger partial charge >= 0.3 is 0 Å². The summed E-state index contributed by atoms with van der Waals surface area (Å²) in [7, 11) is -5.47. The Bertz CT molecular complexity index is 2450. The van der Waals surface area contributed by atoms with Gasteiger partial charge in [0.1, 0.15) is 11.6 Å². The van der Waals surface area contributed by atoms with Crippen molar-refractivity contribution in [1.82, 2.24) is 23.1 Å². The van der Waals surface area contributed by atoms with Crippen molar-refractivity contribution in [2.75, 3.05) is 27.2 Å². The summed E-state index contributed by atoms with van der Waals surface area (Å²) in [6.07, 6.45) is 8.20. The van der Waals surface area contributed by atoms with Crippen molar-refractivity contribution in [2.24, 2.45) is 17.6 Å². The molecule has 6 fully saturated rings. The van der Waals surface area contributed by atoms with E-state index in [1.165, 1.54) is 14.1 Å². The second-order valence-electron chi connectivity index (χ2n) is 20.7. The zero-order valence-electron chi connectivity index (χ0n) is 39.1. The minimum absolute atomic E-state index is 0.0000643. The van der Waals surface area contributed by atoms with E-state index in [0.717, 1.165) is 46.4 Å². The fourth-order valence-corrected chi connectivity index (χ4v) is 14.6. The Kier molecular flexibility index (Phi) is 15.9. The lowest BCUT2D eigenvalue weighted by Crippen LogP contribution is -2.54. The number of amides is 2. The summed E-state index contributed by atoms with van der Waals surface area (Å²) in [5.41, 5.74) is 6.36. The summed E-state index contributed by atoms with van der Waals surface area (Å²) in [5, 5.41) is -0.748. The Balaban J connectivity index is 0.000000204. The lowest BCUT2D eigenvalue weighted by Gasteiger charge is -2.42. The summed E-state index contributed by atoms with van der Waals surface area (Å²) < 4.78 is 150. The standard InChI is InChI=1S/C25H36F3N3O4S2.C21H28F3N3O3S/c1-25(2,3)36(33)29-23(12-15-11-21(27)22(28)13-20(15)26)16-9-17-5-6-18(10-16)31(17)24(32)14-30(4)37(34,35)19-7-8-19;1-26(31(29,30)16-4-5-16)11-21(28)27-14-2-3-15(27)7-13(6-14)20(25)9-12-8-18(23)19(24)10-17(12)22/h11,13,16-19,23,29H,5-10,12,14H2,1-4H3;8,10,13-16,20H,2-7,9,11,25H2,1H3/t16?,17-,18+,23-,36+;13?,14-,15+,20-/m11/s1. The van der Waals surface area contributed by atoms with E-state index >= 15 is 0 Å². The Morgan fingerprint density at radius 1 is 0.632 bits per heavy atom. The van der Waals surface area contributed by atoms with Gasteiger partial charge < -0.3 is 15.5 Å². The average Bonchev–Trinajstić information content (AvgIpc) is 4.19. The Hall–Kier alpha value is -3.15. The second-order valence-corrected chi connectivity index (χ2v) is 27.4. The number of carbonyl (C=O) groups excluding carboxylic acids is 2. The molecule has 2 amide bonds. The highest BCUT2D eigenvalue weighted by atomic mass is 32.2. The number of nitrogens with zero attached hydrogens (tertiary/aromatic N) is 4. The van der Waals surface area contributed by atoms with E-state index in [0.29, 0.717) is 63.5 Å². The lowest BCUT2D eigenvalue weighted by molar-refractivity contribution is -0.137. The number of hydrogen-bond acceptors (Lipinski definition) is 8. The van der Waals surface area contributed by atoms with E-state index in [4.69, 9.17) is 5.73 Å². The van der Waals surface area contributed by atoms with Crippen LogP contribution >= 0.6 is 0 Å². The molecule has 8 rings (SSSR count). The molecule has 2 unspecified atom stereocenters. The van der Waals surface area contributed by atoms with Crippen LogP contribution in [0.1, 0.15) is 109 Å². The molecule has 4 heterocycles. The molecule has 4 bridgehead atoms. The number of hydrogen-bond donors (Lipinski definition) is 2. The number of sulfonamides is 2. The second kappa shape index (κ2) is 20.5. The first-order chi connectivity index (χ1) is 31.8. The van der Waals surface area contributed by atoms with Gasteiger partial charge in [0.2, 0.25) is 31.9 Å². The van der Waals surface area contributed by atoms with Crippen molar-refractivity contribution in [1.29, 1.82) is 0 Å². The maximum atomic E-state index is 14.5. The molecular weight excluding hydrogens is 959 g/mol. The van der Waals surface area contributed by atoms with Crippen LogP contribution < -0.4 is 10.5 Å². The number of piperidine rings is 2. The van der Waals surface area contributed by atoms with Gasteiger partial charge in [-0.05, 0) is 146 Å². The summed E-state index contributed by atoms with van der Waals surface area (Å²) in [5.74, 6) is -6.91. The first-order valence-corrected chi connectivity index (χ1v) is 27.6. The molecule has 0 spiro atoms. The number of halogens is 6. The monoisotopic (exact) mass is 1020 g/mol. The van der Waals surface area contributed by atoms with Crippen LogP contribution in [0.15, 0.2) is 24.3 Å². The van der Waals surface area contributed by atoms with E-state index < -0.39 is 82.8 Å². The molecule has 3 N–H and O–H groups in total. The number of nitrogens with two attached hydrogens (primary N) is 1. The maximum Gasteiger partial charge on any atom is 0.238 e. The zero-order chi connectivity index (χ0) is 49.8. The molecule has 4 aliphatic heterocycles. The predicted molar refractivity (Wildman–Crippen MR) is 245 cm³/mol. The summed E-state index contributed by atoms with van der Waals surface area (Å²) in [4.78, 5) is 29.7.